The number of aromatic nitrogens is 2. The monoisotopic (exact) mass is 902 g/mol. The zero-order chi connectivity index (χ0) is 46.1. The van der Waals surface area contributed by atoms with Crippen LogP contribution in [0.3, 0.4) is 0 Å². The third kappa shape index (κ3) is 10.7. The summed E-state index contributed by atoms with van der Waals surface area (Å²) in [4.78, 5) is 68.4. The second kappa shape index (κ2) is 18.6. The lowest BCUT2D eigenvalue weighted by Gasteiger charge is -2.34. The standard InChI is InChI=1S/C47H62N6O10S/c1-9-29-20-28(4)12-10-11-13-31-24-47(31,44(56)52-64(58,59)35-16-17-35)51-41(54)39-23-34(26-53(39)43(55)40(29)50-45(57)63-46(5,6)7)62-42-36-18-14-32(60-8)21-30(36)22-38(49-42)37-19-15-33(25-48-37)61-27(2)3/h11,13-15,18-19,21-22,25,27-29,31,34-35,39-40H,9-10,12,16-17,20,23-24,26H2,1-8H3,(H,50,57)(H,51,54)(H,52,56)/b13-11-/t28-,29+,31+,34+,39-,40-,47+/m0/s1. The molecular weight excluding hydrogens is 841 g/mol. The summed E-state index contributed by atoms with van der Waals surface area (Å²) in [5, 5.41) is 6.55. The Morgan fingerprint density at radius 3 is 2.44 bits per heavy atom. The van der Waals surface area contributed by atoms with Gasteiger partial charge in [-0.25, -0.2) is 18.2 Å². The molecule has 7 atom stereocenters. The summed E-state index contributed by atoms with van der Waals surface area (Å²) in [6.45, 7) is 13.1. The number of hydrogen-bond donors (Lipinski definition) is 3. The third-order valence-electron chi connectivity index (χ3n) is 12.3. The van der Waals surface area contributed by atoms with Crippen LogP contribution in [-0.2, 0) is 29.1 Å². The molecular formula is C47H62N6O10S. The molecule has 0 bridgehead atoms. The fourth-order valence-electron chi connectivity index (χ4n) is 8.73. The van der Waals surface area contributed by atoms with E-state index in [0.717, 1.165) is 11.8 Å². The van der Waals surface area contributed by atoms with Crippen molar-refractivity contribution >= 4 is 44.6 Å². The predicted molar refractivity (Wildman–Crippen MR) is 240 cm³/mol. The van der Waals surface area contributed by atoms with Gasteiger partial charge in [0.15, 0.2) is 0 Å². The number of hydrogen-bond acceptors (Lipinski definition) is 12. The van der Waals surface area contributed by atoms with Gasteiger partial charge in [0.05, 0.1) is 42.6 Å². The molecule has 3 aromatic rings. The van der Waals surface area contributed by atoms with Crippen molar-refractivity contribution in [2.45, 2.75) is 141 Å². The van der Waals surface area contributed by atoms with Gasteiger partial charge in [0.25, 0.3) is 5.91 Å². The number of carbonyl (C=O) groups is 4. The van der Waals surface area contributed by atoms with Crippen molar-refractivity contribution < 1.29 is 46.5 Å². The van der Waals surface area contributed by atoms with Crippen LogP contribution in [0.15, 0.2) is 54.7 Å². The number of sulfonamides is 1. The van der Waals surface area contributed by atoms with Crippen LogP contribution in [0.25, 0.3) is 22.2 Å². The number of methoxy groups -OCH3 is 1. The number of amides is 4. The largest absolute Gasteiger partial charge is 0.497 e. The minimum Gasteiger partial charge on any atom is -0.497 e. The summed E-state index contributed by atoms with van der Waals surface area (Å²) in [5.74, 6) is -1.17. The van der Waals surface area contributed by atoms with E-state index in [0.29, 0.717) is 60.4 Å². The fourth-order valence-corrected chi connectivity index (χ4v) is 10.1. The molecule has 2 aliphatic heterocycles. The van der Waals surface area contributed by atoms with E-state index >= 15 is 4.79 Å². The third-order valence-corrected chi connectivity index (χ3v) is 14.1. The first-order valence-corrected chi connectivity index (χ1v) is 24.0. The van der Waals surface area contributed by atoms with Gasteiger partial charge in [0, 0.05) is 17.7 Å². The SMILES string of the molecule is CC[C@@H]1C[C@@H](C)CC/C=C\[C@@H]2C[C@@]2(C(=O)NS(=O)(=O)C2CC2)NC(=O)[C@@H]2C[C@@H](Oc3nc(-c4ccc(OC(C)C)cn4)cc4cc(OC)ccc34)CN2C(=O)[C@H]1NC(=O)OC(C)(C)C. The van der Waals surface area contributed by atoms with E-state index in [4.69, 9.17) is 23.9 Å². The molecule has 3 N–H and O–H groups in total. The molecule has 2 aliphatic carbocycles. The number of nitrogens with one attached hydrogen (secondary N) is 3. The molecule has 4 amide bonds. The van der Waals surface area contributed by atoms with Gasteiger partial charge in [0.2, 0.25) is 27.7 Å². The van der Waals surface area contributed by atoms with Crippen LogP contribution in [0.5, 0.6) is 17.4 Å². The highest BCUT2D eigenvalue weighted by Crippen LogP contribution is 2.46. The van der Waals surface area contributed by atoms with Crippen molar-refractivity contribution in [3.05, 3.63) is 54.7 Å². The van der Waals surface area contributed by atoms with Crippen LogP contribution < -0.4 is 29.6 Å². The summed E-state index contributed by atoms with van der Waals surface area (Å²) in [5.41, 5.74) is -1.35. The van der Waals surface area contributed by atoms with Gasteiger partial charge in [0.1, 0.15) is 40.8 Å². The molecule has 0 radical (unpaired) electrons. The molecule has 64 heavy (non-hydrogen) atoms. The molecule has 1 aromatic carbocycles. The maximum atomic E-state index is 15.2. The van der Waals surface area contributed by atoms with Gasteiger partial charge < -0.3 is 34.5 Å². The Bertz CT molecular complexity index is 2380. The molecule has 2 saturated carbocycles. The summed E-state index contributed by atoms with van der Waals surface area (Å²) in [7, 11) is -2.36. The number of carbonyl (C=O) groups excluding carboxylic acids is 4. The lowest BCUT2D eigenvalue weighted by atomic mass is 9.85. The molecule has 0 spiro atoms. The van der Waals surface area contributed by atoms with Crippen LogP contribution in [0, 0.1) is 17.8 Å². The zero-order valence-corrected chi connectivity index (χ0v) is 38.8. The van der Waals surface area contributed by atoms with Gasteiger partial charge in [-0.3, -0.25) is 24.1 Å². The predicted octanol–water partition coefficient (Wildman–Crippen LogP) is 6.22. The Balaban J connectivity index is 1.27. The van der Waals surface area contributed by atoms with Crippen LogP contribution in [-0.4, -0.2) is 101 Å². The minimum atomic E-state index is -3.94. The van der Waals surface area contributed by atoms with E-state index in [1.165, 1.54) is 4.90 Å². The van der Waals surface area contributed by atoms with Crippen LogP contribution in [0.2, 0.25) is 0 Å². The number of nitrogens with zero attached hydrogens (tertiary/aromatic N) is 3. The second-order valence-corrected chi connectivity index (χ2v) is 21.0. The van der Waals surface area contributed by atoms with Gasteiger partial charge >= 0.3 is 6.09 Å². The van der Waals surface area contributed by atoms with Crippen molar-refractivity contribution in [3.8, 4) is 28.8 Å². The molecule has 2 aromatic heterocycles. The van der Waals surface area contributed by atoms with Crippen molar-refractivity contribution in [1.82, 2.24) is 30.2 Å². The number of alkyl carbamates (subject to hydrolysis) is 1. The smallest absolute Gasteiger partial charge is 0.408 e. The number of allylic oxidation sites excluding steroid dienone is 1. The second-order valence-electron chi connectivity index (χ2n) is 19.0. The van der Waals surface area contributed by atoms with Crippen molar-refractivity contribution in [2.24, 2.45) is 17.8 Å². The highest BCUT2D eigenvalue weighted by atomic mass is 32.2. The van der Waals surface area contributed by atoms with Crippen molar-refractivity contribution in [2.75, 3.05) is 13.7 Å². The lowest BCUT2D eigenvalue weighted by Crippen LogP contribution is -2.59. The van der Waals surface area contributed by atoms with Gasteiger partial charge in [-0.1, -0.05) is 32.4 Å². The van der Waals surface area contributed by atoms with E-state index in [9.17, 15) is 22.8 Å². The first-order chi connectivity index (χ1) is 30.3. The van der Waals surface area contributed by atoms with Gasteiger partial charge in [-0.15, -0.1) is 0 Å². The van der Waals surface area contributed by atoms with Crippen LogP contribution in [0.1, 0.15) is 99.8 Å². The maximum absolute atomic E-state index is 15.2. The molecule has 7 rings (SSSR count). The number of fused-ring (bicyclic) bond motifs is 3. The number of pyridine rings is 2. The zero-order valence-electron chi connectivity index (χ0n) is 38.0. The van der Waals surface area contributed by atoms with Crippen molar-refractivity contribution in [1.29, 1.82) is 0 Å². The number of rotatable bonds is 11. The average Bonchev–Trinajstić information content (AvgIpc) is 4.16. The molecule has 4 aliphatic rings. The van der Waals surface area contributed by atoms with E-state index < -0.39 is 74.3 Å². The minimum absolute atomic E-state index is 0.00839. The first kappa shape index (κ1) is 46.5. The Morgan fingerprint density at radius 1 is 1.03 bits per heavy atom. The Kier molecular flexibility index (Phi) is 13.5. The van der Waals surface area contributed by atoms with Crippen molar-refractivity contribution in [3.63, 3.8) is 0 Å². The molecule has 1 saturated heterocycles. The summed E-state index contributed by atoms with van der Waals surface area (Å²) in [6.07, 6.45) is 7.52. The normalized spacial score (nSPS) is 27.0. The Hall–Kier alpha value is -5.45. The van der Waals surface area contributed by atoms with Crippen LogP contribution >= 0.6 is 0 Å². The van der Waals surface area contributed by atoms with E-state index in [1.807, 2.05) is 57.2 Å². The molecule has 0 unspecified atom stereocenters. The summed E-state index contributed by atoms with van der Waals surface area (Å²) < 4.78 is 52.1. The van der Waals surface area contributed by atoms with E-state index in [1.54, 1.807) is 46.2 Å². The average molecular weight is 903 g/mol. The lowest BCUT2D eigenvalue weighted by molar-refractivity contribution is -0.142. The maximum Gasteiger partial charge on any atom is 0.408 e. The molecule has 3 fully saturated rings. The molecule has 346 valence electrons. The molecule has 4 heterocycles. The van der Waals surface area contributed by atoms with E-state index in [2.05, 4.69) is 27.3 Å². The highest BCUT2D eigenvalue weighted by molar-refractivity contribution is 7.91. The topological polar surface area (TPSA) is 204 Å². The van der Waals surface area contributed by atoms with E-state index in [-0.39, 0.29) is 43.2 Å². The summed E-state index contributed by atoms with van der Waals surface area (Å²) in [6, 6.07) is 8.70. The Morgan fingerprint density at radius 2 is 1.78 bits per heavy atom. The number of ether oxygens (including phenoxy) is 4. The first-order valence-electron chi connectivity index (χ1n) is 22.4. The van der Waals surface area contributed by atoms with Crippen LogP contribution in [0.4, 0.5) is 4.79 Å². The summed E-state index contributed by atoms with van der Waals surface area (Å²) >= 11 is 0. The quantitative estimate of drug-likeness (QED) is 0.184. The van der Waals surface area contributed by atoms with Gasteiger partial charge in [-0.05, 0) is 127 Å². The molecule has 17 heteroatoms. The van der Waals surface area contributed by atoms with Gasteiger partial charge in [-0.2, -0.15) is 0 Å². The Labute approximate surface area is 375 Å². The fraction of sp³-hybridized carbons (Fsp3) is 0.574. The highest BCUT2D eigenvalue weighted by Gasteiger charge is 2.62. The number of benzene rings is 1. The molecule has 16 nitrogen and oxygen atoms in total.